The van der Waals surface area contributed by atoms with Crippen molar-refractivity contribution in [2.24, 2.45) is 0 Å². The summed E-state index contributed by atoms with van der Waals surface area (Å²) in [5.41, 5.74) is 1.87. The number of hydrogen-bond acceptors (Lipinski definition) is 8. The number of rotatable bonds is 4. The molecule has 0 saturated carbocycles. The maximum Gasteiger partial charge on any atom is 0.226 e. The van der Waals surface area contributed by atoms with Crippen LogP contribution in [0.15, 0.2) is 30.7 Å². The molecule has 2 aromatic heterocycles. The number of anilines is 3. The van der Waals surface area contributed by atoms with Gasteiger partial charge in [0.05, 0.1) is 24.4 Å². The lowest BCUT2D eigenvalue weighted by Crippen LogP contribution is -2.49. The van der Waals surface area contributed by atoms with Crippen LogP contribution in [0, 0.1) is 5.82 Å². The van der Waals surface area contributed by atoms with Crippen molar-refractivity contribution in [2.45, 2.75) is 18.9 Å². The summed E-state index contributed by atoms with van der Waals surface area (Å²) in [6, 6.07) is 5.02. The molecule has 0 bridgehead atoms. The molecule has 0 amide bonds. The smallest absolute Gasteiger partial charge is 0.226 e. The van der Waals surface area contributed by atoms with Crippen molar-refractivity contribution in [3.8, 4) is 0 Å². The van der Waals surface area contributed by atoms with E-state index in [2.05, 4.69) is 30.1 Å². The van der Waals surface area contributed by atoms with Crippen molar-refractivity contribution < 1.29 is 9.13 Å². The van der Waals surface area contributed by atoms with Gasteiger partial charge in [-0.2, -0.15) is 0 Å². The summed E-state index contributed by atoms with van der Waals surface area (Å²) in [4.78, 5) is 22.6. The van der Waals surface area contributed by atoms with Crippen molar-refractivity contribution >= 4 is 40.1 Å². The Balaban J connectivity index is 1.34. The second-order valence-corrected chi connectivity index (χ2v) is 8.15. The lowest BCUT2D eigenvalue weighted by molar-refractivity contribution is 0.0114. The highest BCUT2D eigenvalue weighted by atomic mass is 35.5. The molecule has 162 valence electrons. The van der Waals surface area contributed by atoms with Crippen LogP contribution >= 0.6 is 11.6 Å². The number of nitrogens with zero attached hydrogens (tertiary/aromatic N) is 6. The van der Waals surface area contributed by atoms with E-state index in [4.69, 9.17) is 21.3 Å². The molecule has 0 radical (unpaired) electrons. The highest BCUT2D eigenvalue weighted by Crippen LogP contribution is 2.27. The molecule has 5 rings (SSSR count). The monoisotopic (exact) mass is 443 g/mol. The number of nitrogens with one attached hydrogen (secondary N) is 1. The van der Waals surface area contributed by atoms with Crippen LogP contribution in [0.25, 0.3) is 11.0 Å². The third-order valence-electron chi connectivity index (χ3n) is 5.86. The SMILES string of the molecule is Fc1ccc(Nc2ncnc3cnc(N4CCC(N5CCOCC5)CC4)nc23)cc1Cl. The lowest BCUT2D eigenvalue weighted by atomic mass is 10.0. The number of halogens is 2. The fraction of sp³-hybridized carbons (Fsp3) is 0.429. The van der Waals surface area contributed by atoms with E-state index in [9.17, 15) is 4.39 Å². The van der Waals surface area contributed by atoms with E-state index < -0.39 is 5.82 Å². The normalized spacial score (nSPS) is 18.5. The molecule has 3 aromatic rings. The third kappa shape index (κ3) is 4.39. The van der Waals surface area contributed by atoms with E-state index in [-0.39, 0.29) is 5.02 Å². The average Bonchev–Trinajstić information content (AvgIpc) is 2.82. The summed E-state index contributed by atoms with van der Waals surface area (Å²) in [6.07, 6.45) is 5.32. The zero-order valence-electron chi connectivity index (χ0n) is 17.0. The largest absolute Gasteiger partial charge is 0.379 e. The second-order valence-electron chi connectivity index (χ2n) is 7.75. The molecule has 0 unspecified atom stereocenters. The van der Waals surface area contributed by atoms with Gasteiger partial charge in [-0.15, -0.1) is 0 Å². The van der Waals surface area contributed by atoms with Gasteiger partial charge in [-0.1, -0.05) is 11.6 Å². The Morgan fingerprint density at radius 3 is 2.65 bits per heavy atom. The van der Waals surface area contributed by atoms with E-state index in [1.807, 2.05) is 0 Å². The van der Waals surface area contributed by atoms with Gasteiger partial charge in [-0.25, -0.2) is 24.3 Å². The molecule has 0 atom stereocenters. The summed E-state index contributed by atoms with van der Waals surface area (Å²) in [5.74, 6) is 0.729. The summed E-state index contributed by atoms with van der Waals surface area (Å²) in [7, 11) is 0. The number of morpholine rings is 1. The fourth-order valence-electron chi connectivity index (χ4n) is 4.17. The van der Waals surface area contributed by atoms with Crippen LogP contribution < -0.4 is 10.2 Å². The van der Waals surface area contributed by atoms with Gasteiger partial charge in [-0.3, -0.25) is 4.90 Å². The highest BCUT2D eigenvalue weighted by Gasteiger charge is 2.27. The molecule has 4 heterocycles. The minimum Gasteiger partial charge on any atom is -0.379 e. The molecule has 2 aliphatic heterocycles. The Morgan fingerprint density at radius 2 is 1.87 bits per heavy atom. The van der Waals surface area contributed by atoms with Gasteiger partial charge in [-0.05, 0) is 31.0 Å². The Hall–Kier alpha value is -2.62. The Bertz CT molecular complexity index is 1070. The van der Waals surface area contributed by atoms with Crippen molar-refractivity contribution in [2.75, 3.05) is 49.6 Å². The van der Waals surface area contributed by atoms with E-state index in [1.54, 1.807) is 12.3 Å². The molecule has 31 heavy (non-hydrogen) atoms. The van der Waals surface area contributed by atoms with E-state index in [1.165, 1.54) is 18.5 Å². The number of aromatic nitrogens is 4. The van der Waals surface area contributed by atoms with Crippen LogP contribution in [0.2, 0.25) is 5.02 Å². The quantitative estimate of drug-likeness (QED) is 0.658. The summed E-state index contributed by atoms with van der Waals surface area (Å²) in [5, 5.41) is 3.21. The zero-order chi connectivity index (χ0) is 21.2. The maximum absolute atomic E-state index is 13.5. The second kappa shape index (κ2) is 8.86. The zero-order valence-corrected chi connectivity index (χ0v) is 17.7. The van der Waals surface area contributed by atoms with Gasteiger partial charge >= 0.3 is 0 Å². The Labute approximate surface area is 184 Å². The average molecular weight is 444 g/mol. The number of piperidine rings is 1. The first-order valence-electron chi connectivity index (χ1n) is 10.4. The van der Waals surface area contributed by atoms with E-state index in [0.29, 0.717) is 34.5 Å². The van der Waals surface area contributed by atoms with Crippen molar-refractivity contribution in [1.29, 1.82) is 0 Å². The first kappa shape index (κ1) is 20.3. The van der Waals surface area contributed by atoms with Crippen molar-refractivity contribution in [3.05, 3.63) is 41.6 Å². The molecule has 2 saturated heterocycles. The predicted octanol–water partition coefficient (Wildman–Crippen LogP) is 3.26. The molecule has 2 fully saturated rings. The summed E-state index contributed by atoms with van der Waals surface area (Å²) >= 11 is 5.90. The third-order valence-corrected chi connectivity index (χ3v) is 6.15. The van der Waals surface area contributed by atoms with Gasteiger partial charge in [0.25, 0.3) is 0 Å². The Kier molecular flexibility index (Phi) is 5.80. The summed E-state index contributed by atoms with van der Waals surface area (Å²) < 4.78 is 18.9. The number of benzene rings is 1. The molecule has 10 heteroatoms. The van der Waals surface area contributed by atoms with Gasteiger partial charge in [0.1, 0.15) is 23.2 Å². The van der Waals surface area contributed by atoms with Gasteiger partial charge in [0, 0.05) is 37.9 Å². The molecular weight excluding hydrogens is 421 g/mol. The molecule has 2 aliphatic rings. The maximum atomic E-state index is 13.5. The van der Waals surface area contributed by atoms with Crippen LogP contribution in [0.5, 0.6) is 0 Å². The molecule has 1 N–H and O–H groups in total. The minimum absolute atomic E-state index is 0.0433. The molecule has 8 nitrogen and oxygen atoms in total. The molecule has 1 aromatic carbocycles. The molecule has 0 spiro atoms. The minimum atomic E-state index is -0.468. The van der Waals surface area contributed by atoms with Crippen LogP contribution in [0.3, 0.4) is 0 Å². The lowest BCUT2D eigenvalue weighted by Gasteiger charge is -2.40. The van der Waals surface area contributed by atoms with E-state index >= 15 is 0 Å². The van der Waals surface area contributed by atoms with E-state index in [0.717, 1.165) is 52.2 Å². The Morgan fingerprint density at radius 1 is 1.06 bits per heavy atom. The van der Waals surface area contributed by atoms with Crippen LogP contribution in [0.4, 0.5) is 21.8 Å². The standard InChI is InChI=1S/C21H23ClFN7O/c22-16-11-14(1-2-17(16)23)27-20-19-18(25-13-26-20)12-24-21(28-19)30-5-3-15(4-6-30)29-7-9-31-10-8-29/h1-2,11-13,15H,3-10H2,(H,25,26,27). The predicted molar refractivity (Wildman–Crippen MR) is 117 cm³/mol. The molecule has 0 aliphatic carbocycles. The van der Waals surface area contributed by atoms with Gasteiger partial charge < -0.3 is 15.0 Å². The fourth-order valence-corrected chi connectivity index (χ4v) is 4.35. The van der Waals surface area contributed by atoms with Crippen molar-refractivity contribution in [1.82, 2.24) is 24.8 Å². The first-order valence-corrected chi connectivity index (χ1v) is 10.8. The highest BCUT2D eigenvalue weighted by molar-refractivity contribution is 6.31. The van der Waals surface area contributed by atoms with Crippen LogP contribution in [0.1, 0.15) is 12.8 Å². The van der Waals surface area contributed by atoms with Gasteiger partial charge in [0.15, 0.2) is 5.82 Å². The topological polar surface area (TPSA) is 79.3 Å². The summed E-state index contributed by atoms with van der Waals surface area (Å²) in [6.45, 7) is 5.47. The number of hydrogen-bond donors (Lipinski definition) is 1. The first-order chi connectivity index (χ1) is 15.2. The van der Waals surface area contributed by atoms with Gasteiger partial charge in [0.2, 0.25) is 5.95 Å². The van der Waals surface area contributed by atoms with Crippen LogP contribution in [-0.2, 0) is 4.74 Å². The van der Waals surface area contributed by atoms with Crippen LogP contribution in [-0.4, -0.2) is 70.3 Å². The van der Waals surface area contributed by atoms with Crippen molar-refractivity contribution in [3.63, 3.8) is 0 Å². The molecular formula is C21H23ClFN7O. The number of fused-ring (bicyclic) bond motifs is 1. The number of ether oxygens (including phenoxy) is 1.